The van der Waals surface area contributed by atoms with Gasteiger partial charge in [0.05, 0.1) is 10.5 Å². The molecule has 0 fully saturated rings. The van der Waals surface area contributed by atoms with E-state index in [4.69, 9.17) is 4.52 Å². The van der Waals surface area contributed by atoms with Crippen LogP contribution in [0.2, 0.25) is 0 Å². The van der Waals surface area contributed by atoms with E-state index in [0.29, 0.717) is 11.7 Å². The lowest BCUT2D eigenvalue weighted by atomic mass is 10.2. The van der Waals surface area contributed by atoms with Gasteiger partial charge in [-0.05, 0) is 32.0 Å². The average molecular weight is 412 g/mol. The van der Waals surface area contributed by atoms with Gasteiger partial charge in [0.1, 0.15) is 5.82 Å². The third-order valence-corrected chi connectivity index (χ3v) is 6.24. The number of carbonyl (C=O) groups excluding carboxylic acids is 1. The van der Waals surface area contributed by atoms with Crippen molar-refractivity contribution in [3.63, 3.8) is 0 Å². The first-order valence-electron chi connectivity index (χ1n) is 8.92. The maximum Gasteiger partial charge on any atom is 0.254 e. The molecule has 1 heterocycles. The van der Waals surface area contributed by atoms with Gasteiger partial charge in [-0.25, -0.2) is 12.8 Å². The van der Waals surface area contributed by atoms with Gasteiger partial charge in [-0.3, -0.25) is 4.79 Å². The predicted octanol–water partition coefficient (Wildman–Crippen LogP) is 2.33. The van der Waals surface area contributed by atoms with Gasteiger partial charge >= 0.3 is 0 Å². The molecule has 1 N–H and O–H groups in total. The molecule has 2 rings (SSSR count). The minimum atomic E-state index is -3.83. The molecule has 0 spiro atoms. The third kappa shape index (κ3) is 4.93. The van der Waals surface area contributed by atoms with Crippen molar-refractivity contribution < 1.29 is 22.1 Å². The molecule has 0 unspecified atom stereocenters. The van der Waals surface area contributed by atoms with Gasteiger partial charge in [0.2, 0.25) is 15.9 Å². The molecule has 1 aromatic carbocycles. The maximum atomic E-state index is 14.1. The number of sulfonamides is 1. The fourth-order valence-corrected chi connectivity index (χ4v) is 3.66. The predicted molar refractivity (Wildman–Crippen MR) is 101 cm³/mol. The lowest BCUT2D eigenvalue weighted by Crippen LogP contribution is -2.33. The van der Waals surface area contributed by atoms with E-state index in [-0.39, 0.29) is 35.4 Å². The molecule has 0 saturated heterocycles. The van der Waals surface area contributed by atoms with E-state index in [9.17, 15) is 17.6 Å². The molecule has 0 radical (unpaired) electrons. The van der Waals surface area contributed by atoms with E-state index in [2.05, 4.69) is 15.5 Å². The van der Waals surface area contributed by atoms with Crippen molar-refractivity contribution in [3.05, 3.63) is 41.3 Å². The standard InChI is InChI=1S/C18H25FN4O4S/c1-11(2)17-21-16(27-22-17)8-9-20-18(24)14-10-13(6-7-15(14)19)28(25,26)23(5)12(3)4/h6-7,10-12H,8-9H2,1-5H3,(H,20,24). The van der Waals surface area contributed by atoms with Crippen LogP contribution in [-0.4, -0.2) is 48.4 Å². The van der Waals surface area contributed by atoms with Crippen LogP contribution in [-0.2, 0) is 16.4 Å². The molecule has 154 valence electrons. The Bertz CT molecular complexity index is 941. The average Bonchev–Trinajstić information content (AvgIpc) is 3.10. The third-order valence-electron chi connectivity index (χ3n) is 4.21. The summed E-state index contributed by atoms with van der Waals surface area (Å²) >= 11 is 0. The summed E-state index contributed by atoms with van der Waals surface area (Å²) < 4.78 is 45.5. The normalized spacial score (nSPS) is 12.2. The first kappa shape index (κ1) is 22.0. The Hall–Kier alpha value is -2.33. The first-order valence-corrected chi connectivity index (χ1v) is 10.4. The Balaban J connectivity index is 2.10. The lowest BCUT2D eigenvalue weighted by Gasteiger charge is -2.21. The summed E-state index contributed by atoms with van der Waals surface area (Å²) in [5.41, 5.74) is -0.341. The topological polar surface area (TPSA) is 105 Å². The van der Waals surface area contributed by atoms with Crippen molar-refractivity contribution in [2.24, 2.45) is 0 Å². The number of hydrogen-bond donors (Lipinski definition) is 1. The monoisotopic (exact) mass is 412 g/mol. The van der Waals surface area contributed by atoms with Crippen LogP contribution < -0.4 is 5.32 Å². The number of nitrogens with one attached hydrogen (secondary N) is 1. The molecule has 0 bridgehead atoms. The summed E-state index contributed by atoms with van der Waals surface area (Å²) in [6.45, 7) is 7.43. The SMILES string of the molecule is CC(C)c1noc(CCNC(=O)c2cc(S(=O)(=O)N(C)C(C)C)ccc2F)n1. The van der Waals surface area contributed by atoms with Gasteiger partial charge in [0.15, 0.2) is 5.82 Å². The zero-order valence-electron chi connectivity index (χ0n) is 16.6. The molecule has 0 atom stereocenters. The van der Waals surface area contributed by atoms with Gasteiger partial charge in [-0.1, -0.05) is 19.0 Å². The molecule has 10 heteroatoms. The summed E-state index contributed by atoms with van der Waals surface area (Å²) in [7, 11) is -2.40. The van der Waals surface area contributed by atoms with E-state index >= 15 is 0 Å². The lowest BCUT2D eigenvalue weighted by molar-refractivity contribution is 0.0949. The number of aromatic nitrogens is 2. The maximum absolute atomic E-state index is 14.1. The highest BCUT2D eigenvalue weighted by molar-refractivity contribution is 7.89. The summed E-state index contributed by atoms with van der Waals surface area (Å²) in [6, 6.07) is 2.88. The number of nitrogens with zero attached hydrogens (tertiary/aromatic N) is 3. The second kappa shape index (κ2) is 8.78. The van der Waals surface area contributed by atoms with E-state index in [0.717, 1.165) is 22.5 Å². The van der Waals surface area contributed by atoms with E-state index in [1.165, 1.54) is 7.05 Å². The van der Waals surface area contributed by atoms with Crippen molar-refractivity contribution in [1.82, 2.24) is 19.8 Å². The minimum absolute atomic E-state index is 0.120. The van der Waals surface area contributed by atoms with Gasteiger partial charge < -0.3 is 9.84 Å². The fourth-order valence-electron chi connectivity index (χ4n) is 2.26. The molecule has 0 aliphatic rings. The number of amides is 1. The number of hydrogen-bond acceptors (Lipinski definition) is 6. The van der Waals surface area contributed by atoms with Crippen molar-refractivity contribution in [1.29, 1.82) is 0 Å². The van der Waals surface area contributed by atoms with Crippen LogP contribution in [0, 0.1) is 5.82 Å². The molecule has 1 amide bonds. The summed E-state index contributed by atoms with van der Waals surface area (Å²) in [4.78, 5) is 16.4. The van der Waals surface area contributed by atoms with Crippen molar-refractivity contribution in [3.8, 4) is 0 Å². The van der Waals surface area contributed by atoms with Crippen LogP contribution >= 0.6 is 0 Å². The van der Waals surface area contributed by atoms with Crippen LogP contribution in [0.3, 0.4) is 0 Å². The summed E-state index contributed by atoms with van der Waals surface area (Å²) in [6.07, 6.45) is 0.279. The van der Waals surface area contributed by atoms with Gasteiger partial charge in [-0.15, -0.1) is 0 Å². The molecular weight excluding hydrogens is 387 g/mol. The number of halogens is 1. The molecular formula is C18H25FN4O4S. The van der Waals surface area contributed by atoms with Crippen molar-refractivity contribution in [2.45, 2.75) is 51.0 Å². The number of carbonyl (C=O) groups is 1. The zero-order chi connectivity index (χ0) is 21.1. The number of benzene rings is 1. The Morgan fingerprint density at radius 3 is 2.54 bits per heavy atom. The Morgan fingerprint density at radius 2 is 1.96 bits per heavy atom. The highest BCUT2D eigenvalue weighted by Crippen LogP contribution is 2.20. The second-order valence-electron chi connectivity index (χ2n) is 6.96. The highest BCUT2D eigenvalue weighted by atomic mass is 32.2. The summed E-state index contributed by atoms with van der Waals surface area (Å²) in [5, 5.41) is 6.37. The van der Waals surface area contributed by atoms with Crippen LogP contribution in [0.4, 0.5) is 4.39 Å². The highest BCUT2D eigenvalue weighted by Gasteiger charge is 2.25. The van der Waals surface area contributed by atoms with E-state index in [1.54, 1.807) is 13.8 Å². The summed E-state index contributed by atoms with van der Waals surface area (Å²) in [5.74, 6) is -0.470. The molecule has 1 aromatic heterocycles. The van der Waals surface area contributed by atoms with Crippen LogP contribution in [0.5, 0.6) is 0 Å². The largest absolute Gasteiger partial charge is 0.351 e. The number of rotatable bonds is 8. The zero-order valence-corrected chi connectivity index (χ0v) is 17.4. The van der Waals surface area contributed by atoms with Crippen LogP contribution in [0.15, 0.2) is 27.6 Å². The first-order chi connectivity index (χ1) is 13.0. The van der Waals surface area contributed by atoms with E-state index in [1.807, 2.05) is 13.8 Å². The molecule has 8 nitrogen and oxygen atoms in total. The van der Waals surface area contributed by atoms with E-state index < -0.39 is 21.7 Å². The quantitative estimate of drug-likeness (QED) is 0.713. The second-order valence-corrected chi connectivity index (χ2v) is 8.96. The Labute approximate surface area is 164 Å². The molecule has 0 saturated carbocycles. The molecule has 0 aliphatic carbocycles. The minimum Gasteiger partial charge on any atom is -0.351 e. The Kier molecular flexibility index (Phi) is 6.89. The Morgan fingerprint density at radius 1 is 1.29 bits per heavy atom. The van der Waals surface area contributed by atoms with Crippen molar-refractivity contribution in [2.75, 3.05) is 13.6 Å². The fraction of sp³-hybridized carbons (Fsp3) is 0.500. The smallest absolute Gasteiger partial charge is 0.254 e. The van der Waals surface area contributed by atoms with Gasteiger partial charge in [0.25, 0.3) is 5.91 Å². The van der Waals surface area contributed by atoms with Gasteiger partial charge in [0, 0.05) is 32.0 Å². The van der Waals surface area contributed by atoms with Crippen LogP contribution in [0.25, 0.3) is 0 Å². The van der Waals surface area contributed by atoms with Crippen molar-refractivity contribution >= 4 is 15.9 Å². The molecule has 2 aromatic rings. The molecule has 28 heavy (non-hydrogen) atoms. The van der Waals surface area contributed by atoms with Crippen LogP contribution in [0.1, 0.15) is 55.7 Å². The molecule has 0 aliphatic heterocycles. The van der Waals surface area contributed by atoms with Gasteiger partial charge in [-0.2, -0.15) is 9.29 Å².